The molecular formula is C3H4N2O3. The summed E-state index contributed by atoms with van der Waals surface area (Å²) in [4.78, 5) is 13.1. The van der Waals surface area contributed by atoms with E-state index in [1.807, 2.05) is 0 Å². The van der Waals surface area contributed by atoms with Crippen LogP contribution < -0.4 is 5.76 Å². The number of hydrogen-bond donors (Lipinski definition) is 1. The largest absolute Gasteiger partial charge is 0.478 e. The summed E-state index contributed by atoms with van der Waals surface area (Å²) >= 11 is 0. The van der Waals surface area contributed by atoms with Crippen LogP contribution in [0.1, 0.15) is 0 Å². The van der Waals surface area contributed by atoms with E-state index in [-0.39, 0.29) is 0 Å². The summed E-state index contributed by atoms with van der Waals surface area (Å²) in [7, 11) is 1.38. The van der Waals surface area contributed by atoms with Crippen molar-refractivity contribution in [2.24, 2.45) is 7.05 Å². The molecule has 0 saturated heterocycles. The quantitative estimate of drug-likeness (QED) is 0.476. The molecule has 1 aromatic rings. The van der Waals surface area contributed by atoms with E-state index in [0.29, 0.717) is 0 Å². The lowest BCUT2D eigenvalue weighted by Crippen LogP contribution is -1.93. The van der Waals surface area contributed by atoms with Crippen LogP contribution in [-0.2, 0) is 7.05 Å². The van der Waals surface area contributed by atoms with Gasteiger partial charge in [0.2, 0.25) is 0 Å². The van der Waals surface area contributed by atoms with Crippen LogP contribution in [0.15, 0.2) is 9.32 Å². The summed E-state index contributed by atoms with van der Waals surface area (Å²) in [5, 5.41) is 8.50. The molecular weight excluding hydrogens is 112 g/mol. The first kappa shape index (κ1) is 4.89. The molecule has 0 aliphatic rings. The average Bonchev–Trinajstić information content (AvgIpc) is 1.85. The van der Waals surface area contributed by atoms with Gasteiger partial charge in [0.15, 0.2) is 0 Å². The zero-order valence-corrected chi connectivity index (χ0v) is 4.16. The minimum Gasteiger partial charge on any atom is -0.478 e. The van der Waals surface area contributed by atoms with Crippen molar-refractivity contribution in [3.8, 4) is 6.01 Å². The second-order valence-corrected chi connectivity index (χ2v) is 1.27. The summed E-state index contributed by atoms with van der Waals surface area (Å²) in [6.45, 7) is 0. The Kier molecular flexibility index (Phi) is 0.831. The van der Waals surface area contributed by atoms with Crippen LogP contribution >= 0.6 is 0 Å². The number of aromatic hydroxyl groups is 1. The van der Waals surface area contributed by atoms with Crippen molar-refractivity contribution < 1.29 is 9.63 Å². The molecule has 0 bridgehead atoms. The third kappa shape index (κ3) is 0.575. The lowest BCUT2D eigenvalue weighted by molar-refractivity contribution is 0.248. The smallest absolute Gasteiger partial charge is 0.462 e. The monoisotopic (exact) mass is 116 g/mol. The molecule has 1 aromatic heterocycles. The molecule has 0 atom stereocenters. The van der Waals surface area contributed by atoms with E-state index >= 15 is 0 Å². The van der Waals surface area contributed by atoms with Crippen molar-refractivity contribution in [3.63, 3.8) is 0 Å². The average molecular weight is 116 g/mol. The van der Waals surface area contributed by atoms with E-state index in [0.717, 1.165) is 4.74 Å². The number of aromatic nitrogens is 2. The Morgan fingerprint density at radius 3 is 2.62 bits per heavy atom. The molecule has 0 saturated carbocycles. The van der Waals surface area contributed by atoms with Crippen LogP contribution in [0, 0.1) is 0 Å². The SMILES string of the molecule is Cn1oc(=O)nc1O. The van der Waals surface area contributed by atoms with E-state index in [9.17, 15) is 4.79 Å². The van der Waals surface area contributed by atoms with Crippen LogP contribution in [0.4, 0.5) is 0 Å². The highest BCUT2D eigenvalue weighted by molar-refractivity contribution is 4.81. The zero-order chi connectivity index (χ0) is 6.15. The van der Waals surface area contributed by atoms with Gasteiger partial charge in [0.25, 0.3) is 0 Å². The highest BCUT2D eigenvalue weighted by atomic mass is 16.5. The molecule has 1 rings (SSSR count). The molecule has 8 heavy (non-hydrogen) atoms. The Morgan fingerprint density at radius 2 is 2.50 bits per heavy atom. The third-order valence-electron chi connectivity index (χ3n) is 0.688. The van der Waals surface area contributed by atoms with Crippen molar-refractivity contribution in [1.29, 1.82) is 0 Å². The van der Waals surface area contributed by atoms with E-state index in [2.05, 4.69) is 9.51 Å². The van der Waals surface area contributed by atoms with Gasteiger partial charge < -0.3 is 9.63 Å². The molecule has 5 nitrogen and oxygen atoms in total. The van der Waals surface area contributed by atoms with E-state index in [4.69, 9.17) is 5.11 Å². The first-order chi connectivity index (χ1) is 3.70. The van der Waals surface area contributed by atoms with Crippen LogP contribution in [0.5, 0.6) is 6.01 Å². The molecule has 0 aromatic carbocycles. The Hall–Kier alpha value is -1.26. The maximum absolute atomic E-state index is 10.1. The fraction of sp³-hybridized carbons (Fsp3) is 0.333. The lowest BCUT2D eigenvalue weighted by Gasteiger charge is -1.82. The van der Waals surface area contributed by atoms with Crippen molar-refractivity contribution in [1.82, 2.24) is 9.72 Å². The van der Waals surface area contributed by atoms with Gasteiger partial charge in [-0.25, -0.2) is 4.79 Å². The van der Waals surface area contributed by atoms with Crippen molar-refractivity contribution in [2.45, 2.75) is 0 Å². The molecule has 5 heteroatoms. The van der Waals surface area contributed by atoms with Crippen molar-refractivity contribution in [3.05, 3.63) is 10.6 Å². The Labute approximate surface area is 44.1 Å². The van der Waals surface area contributed by atoms with Gasteiger partial charge in [0, 0.05) is 0 Å². The first-order valence-electron chi connectivity index (χ1n) is 1.93. The number of nitrogens with zero attached hydrogens (tertiary/aromatic N) is 2. The van der Waals surface area contributed by atoms with Crippen LogP contribution in [0.3, 0.4) is 0 Å². The topological polar surface area (TPSA) is 68.3 Å². The van der Waals surface area contributed by atoms with Gasteiger partial charge in [0.05, 0.1) is 7.05 Å². The second kappa shape index (κ2) is 1.36. The standard InChI is InChI=1S/C3H4N2O3/c1-5-2(6)4-3(7)8-5/h1H3,(H,4,6,7). The van der Waals surface area contributed by atoms with Gasteiger partial charge in [-0.1, -0.05) is 0 Å². The van der Waals surface area contributed by atoms with Gasteiger partial charge in [0.1, 0.15) is 0 Å². The molecule has 0 amide bonds. The number of aryl methyl sites for hydroxylation is 1. The molecule has 0 unspecified atom stereocenters. The fourth-order valence-corrected chi connectivity index (χ4v) is 0.330. The normalized spacial score (nSPS) is 9.62. The van der Waals surface area contributed by atoms with Crippen molar-refractivity contribution >= 4 is 0 Å². The van der Waals surface area contributed by atoms with E-state index in [1.165, 1.54) is 7.05 Å². The van der Waals surface area contributed by atoms with E-state index < -0.39 is 11.8 Å². The van der Waals surface area contributed by atoms with Gasteiger partial charge >= 0.3 is 11.8 Å². The number of hydrogen-bond acceptors (Lipinski definition) is 4. The Bertz CT molecular complexity index is 212. The molecule has 0 aliphatic carbocycles. The summed E-state index contributed by atoms with van der Waals surface area (Å²) in [5.41, 5.74) is 0. The van der Waals surface area contributed by atoms with Crippen LogP contribution in [0.25, 0.3) is 0 Å². The highest BCUT2D eigenvalue weighted by Gasteiger charge is 1.98. The van der Waals surface area contributed by atoms with Crippen LogP contribution in [-0.4, -0.2) is 14.8 Å². The predicted octanol–water partition coefficient (Wildman–Crippen LogP) is -0.921. The lowest BCUT2D eigenvalue weighted by atomic mass is 11.1. The van der Waals surface area contributed by atoms with Gasteiger partial charge in [-0.3, -0.25) is 0 Å². The zero-order valence-electron chi connectivity index (χ0n) is 4.16. The summed E-state index contributed by atoms with van der Waals surface area (Å²) in [6, 6.07) is -0.407. The van der Waals surface area contributed by atoms with Gasteiger partial charge in [-0.05, 0) is 0 Å². The maximum atomic E-state index is 10.1. The summed E-state index contributed by atoms with van der Waals surface area (Å²) < 4.78 is 5.09. The predicted molar refractivity (Wildman–Crippen MR) is 23.4 cm³/mol. The summed E-state index contributed by atoms with van der Waals surface area (Å²) in [6.07, 6.45) is 0. The molecule has 0 spiro atoms. The van der Waals surface area contributed by atoms with Crippen LogP contribution in [0.2, 0.25) is 0 Å². The maximum Gasteiger partial charge on any atom is 0.462 e. The van der Waals surface area contributed by atoms with Gasteiger partial charge in [-0.2, -0.15) is 4.74 Å². The minimum absolute atomic E-state index is 0.407. The minimum atomic E-state index is -0.787. The van der Waals surface area contributed by atoms with E-state index in [1.54, 1.807) is 0 Å². The van der Waals surface area contributed by atoms with Gasteiger partial charge in [-0.15, -0.1) is 4.98 Å². The number of rotatable bonds is 0. The Balaban J connectivity index is 3.35. The molecule has 0 fully saturated rings. The fourth-order valence-electron chi connectivity index (χ4n) is 0.330. The summed E-state index contributed by atoms with van der Waals surface area (Å²) in [5.74, 6) is -0.787. The first-order valence-corrected chi connectivity index (χ1v) is 1.93. The molecule has 1 heterocycles. The highest BCUT2D eigenvalue weighted by Crippen LogP contribution is 1.93. The molecule has 44 valence electrons. The molecule has 1 N–H and O–H groups in total. The molecule has 0 aliphatic heterocycles. The van der Waals surface area contributed by atoms with Crippen molar-refractivity contribution in [2.75, 3.05) is 0 Å². The Morgan fingerprint density at radius 1 is 1.88 bits per heavy atom. The second-order valence-electron chi connectivity index (χ2n) is 1.27. The molecule has 0 radical (unpaired) electrons. The third-order valence-corrected chi connectivity index (χ3v) is 0.688.